The molecule has 2 saturated heterocycles. The molecule has 7 heteroatoms. The molecule has 2 aliphatic rings. The van der Waals surface area contributed by atoms with Gasteiger partial charge in [-0.15, -0.1) is 0 Å². The second kappa shape index (κ2) is 7.58. The molecular weight excluding hydrogens is 350 g/mol. The number of hydrogen-bond donors (Lipinski definition) is 0. The van der Waals surface area contributed by atoms with E-state index in [1.54, 1.807) is 12.4 Å². The number of aromatic nitrogens is 4. The largest absolute Gasteiger partial charge is 0.368 e. The van der Waals surface area contributed by atoms with Crippen LogP contribution in [0, 0.1) is 0 Å². The van der Waals surface area contributed by atoms with Crippen molar-refractivity contribution in [2.45, 2.75) is 19.3 Å². The lowest BCUT2D eigenvalue weighted by Gasteiger charge is -2.37. The van der Waals surface area contributed by atoms with E-state index in [2.05, 4.69) is 55.0 Å². The number of fused-ring (bicyclic) bond motifs is 1. The number of hydrogen-bond acceptors (Lipinski definition) is 7. The van der Waals surface area contributed by atoms with Crippen molar-refractivity contribution in [1.82, 2.24) is 19.9 Å². The van der Waals surface area contributed by atoms with Gasteiger partial charge in [-0.05, 0) is 31.4 Å². The van der Waals surface area contributed by atoms with Gasteiger partial charge in [0.25, 0.3) is 0 Å². The van der Waals surface area contributed by atoms with Crippen molar-refractivity contribution in [3.05, 3.63) is 42.7 Å². The zero-order chi connectivity index (χ0) is 18.8. The Morgan fingerprint density at radius 1 is 0.643 bits per heavy atom. The van der Waals surface area contributed by atoms with Crippen LogP contribution in [0.2, 0.25) is 0 Å². The molecule has 2 fully saturated rings. The number of anilines is 3. The molecule has 2 aliphatic heterocycles. The lowest BCUT2D eigenvalue weighted by molar-refractivity contribution is 0.568. The zero-order valence-corrected chi connectivity index (χ0v) is 16.0. The summed E-state index contributed by atoms with van der Waals surface area (Å²) in [6, 6.07) is 10.6. The second-order valence-electron chi connectivity index (χ2n) is 7.43. The summed E-state index contributed by atoms with van der Waals surface area (Å²) in [6.07, 6.45) is 7.14. The van der Waals surface area contributed by atoms with Crippen molar-refractivity contribution in [3.63, 3.8) is 0 Å². The molecule has 28 heavy (non-hydrogen) atoms. The van der Waals surface area contributed by atoms with E-state index in [1.807, 2.05) is 0 Å². The molecule has 5 rings (SSSR count). The SMILES string of the molecule is c1ccc(N2CCN(c3nc(N4CCCCC4)nc4nccnc34)CC2)cc1. The molecule has 0 radical (unpaired) electrons. The molecule has 0 amide bonds. The van der Waals surface area contributed by atoms with Crippen molar-refractivity contribution in [3.8, 4) is 0 Å². The lowest BCUT2D eigenvalue weighted by Crippen LogP contribution is -2.47. The number of benzene rings is 1. The third-order valence-electron chi connectivity index (χ3n) is 5.64. The Morgan fingerprint density at radius 3 is 2.14 bits per heavy atom. The van der Waals surface area contributed by atoms with E-state index in [9.17, 15) is 0 Å². The number of rotatable bonds is 3. The average Bonchev–Trinajstić information content (AvgIpc) is 2.80. The van der Waals surface area contributed by atoms with E-state index in [-0.39, 0.29) is 0 Å². The normalized spacial score (nSPS) is 17.9. The highest BCUT2D eigenvalue weighted by molar-refractivity contribution is 5.84. The third kappa shape index (κ3) is 3.32. The molecule has 2 aromatic heterocycles. The van der Waals surface area contributed by atoms with Gasteiger partial charge in [-0.3, -0.25) is 0 Å². The lowest BCUT2D eigenvalue weighted by atomic mass is 10.1. The molecule has 0 N–H and O–H groups in total. The topological polar surface area (TPSA) is 61.3 Å². The van der Waals surface area contributed by atoms with Crippen LogP contribution >= 0.6 is 0 Å². The smallest absolute Gasteiger partial charge is 0.229 e. The van der Waals surface area contributed by atoms with Crippen molar-refractivity contribution in [2.24, 2.45) is 0 Å². The van der Waals surface area contributed by atoms with Crippen molar-refractivity contribution >= 4 is 28.6 Å². The maximum atomic E-state index is 4.97. The van der Waals surface area contributed by atoms with Gasteiger partial charge in [0, 0.05) is 57.3 Å². The monoisotopic (exact) mass is 375 g/mol. The summed E-state index contributed by atoms with van der Waals surface area (Å²) >= 11 is 0. The quantitative estimate of drug-likeness (QED) is 0.697. The van der Waals surface area contributed by atoms with Crippen LogP contribution in [0.1, 0.15) is 19.3 Å². The fourth-order valence-electron chi connectivity index (χ4n) is 4.11. The van der Waals surface area contributed by atoms with E-state index in [1.165, 1.54) is 24.9 Å². The van der Waals surface area contributed by atoms with Crippen LogP contribution in [0.5, 0.6) is 0 Å². The maximum absolute atomic E-state index is 4.97. The first kappa shape index (κ1) is 17.2. The van der Waals surface area contributed by atoms with Crippen LogP contribution in [0.3, 0.4) is 0 Å². The van der Waals surface area contributed by atoms with Gasteiger partial charge in [0.2, 0.25) is 5.95 Å². The number of nitrogens with zero attached hydrogens (tertiary/aromatic N) is 7. The molecule has 0 unspecified atom stereocenters. The Kier molecular flexibility index (Phi) is 4.64. The van der Waals surface area contributed by atoms with Gasteiger partial charge >= 0.3 is 0 Å². The number of para-hydroxylation sites is 1. The Morgan fingerprint density at radius 2 is 1.36 bits per heavy atom. The predicted molar refractivity (Wildman–Crippen MR) is 112 cm³/mol. The Hall–Kier alpha value is -2.96. The molecule has 3 aromatic rings. The van der Waals surface area contributed by atoms with Gasteiger partial charge in [0.15, 0.2) is 17.0 Å². The molecule has 4 heterocycles. The van der Waals surface area contributed by atoms with Crippen LogP contribution in [0.15, 0.2) is 42.7 Å². The van der Waals surface area contributed by atoms with Gasteiger partial charge in [0.05, 0.1) is 0 Å². The fourth-order valence-corrected chi connectivity index (χ4v) is 4.11. The van der Waals surface area contributed by atoms with Crippen LogP contribution < -0.4 is 14.7 Å². The van der Waals surface area contributed by atoms with E-state index in [0.29, 0.717) is 5.65 Å². The first-order valence-electron chi connectivity index (χ1n) is 10.2. The minimum absolute atomic E-state index is 0.693. The molecule has 0 saturated carbocycles. The Bertz CT molecular complexity index is 932. The summed E-state index contributed by atoms with van der Waals surface area (Å²) in [5.74, 6) is 1.72. The second-order valence-corrected chi connectivity index (χ2v) is 7.43. The molecule has 0 bridgehead atoms. The summed E-state index contributed by atoms with van der Waals surface area (Å²) in [7, 11) is 0. The average molecular weight is 375 g/mol. The molecule has 0 aliphatic carbocycles. The van der Waals surface area contributed by atoms with Gasteiger partial charge in [-0.2, -0.15) is 9.97 Å². The summed E-state index contributed by atoms with van der Waals surface area (Å²) in [5, 5.41) is 0. The van der Waals surface area contributed by atoms with Gasteiger partial charge in [-0.1, -0.05) is 18.2 Å². The number of piperazine rings is 1. The highest BCUT2D eigenvalue weighted by Crippen LogP contribution is 2.27. The Balaban J connectivity index is 1.43. The molecule has 0 spiro atoms. The maximum Gasteiger partial charge on any atom is 0.229 e. The van der Waals surface area contributed by atoms with Crippen LogP contribution in [-0.2, 0) is 0 Å². The minimum atomic E-state index is 0.693. The summed E-state index contributed by atoms with van der Waals surface area (Å²) in [5.41, 5.74) is 2.78. The molecule has 0 atom stereocenters. The van der Waals surface area contributed by atoms with Crippen LogP contribution in [0.25, 0.3) is 11.2 Å². The minimum Gasteiger partial charge on any atom is -0.368 e. The van der Waals surface area contributed by atoms with E-state index >= 15 is 0 Å². The van der Waals surface area contributed by atoms with Crippen LogP contribution in [-0.4, -0.2) is 59.2 Å². The molecular formula is C21H25N7. The van der Waals surface area contributed by atoms with E-state index in [4.69, 9.17) is 9.97 Å². The highest BCUT2D eigenvalue weighted by atomic mass is 15.3. The van der Waals surface area contributed by atoms with Gasteiger partial charge in [0.1, 0.15) is 0 Å². The first-order chi connectivity index (χ1) is 13.9. The summed E-state index contributed by atoms with van der Waals surface area (Å²) in [4.78, 5) is 25.8. The molecule has 7 nitrogen and oxygen atoms in total. The summed E-state index contributed by atoms with van der Waals surface area (Å²) in [6.45, 7) is 5.80. The summed E-state index contributed by atoms with van der Waals surface area (Å²) < 4.78 is 0. The fraction of sp³-hybridized carbons (Fsp3) is 0.429. The number of piperidine rings is 1. The van der Waals surface area contributed by atoms with Gasteiger partial charge in [-0.25, -0.2) is 9.97 Å². The van der Waals surface area contributed by atoms with E-state index in [0.717, 1.165) is 56.6 Å². The van der Waals surface area contributed by atoms with Gasteiger partial charge < -0.3 is 14.7 Å². The molecule has 1 aromatic carbocycles. The highest BCUT2D eigenvalue weighted by Gasteiger charge is 2.24. The Labute approximate surface area is 165 Å². The zero-order valence-electron chi connectivity index (χ0n) is 16.0. The van der Waals surface area contributed by atoms with Crippen LogP contribution in [0.4, 0.5) is 17.5 Å². The van der Waals surface area contributed by atoms with Crippen molar-refractivity contribution in [2.75, 3.05) is 54.0 Å². The van der Waals surface area contributed by atoms with E-state index < -0.39 is 0 Å². The van der Waals surface area contributed by atoms with Crippen molar-refractivity contribution < 1.29 is 0 Å². The van der Waals surface area contributed by atoms with Crippen molar-refractivity contribution in [1.29, 1.82) is 0 Å². The first-order valence-corrected chi connectivity index (χ1v) is 10.2. The predicted octanol–water partition coefficient (Wildman–Crippen LogP) is 2.74. The molecule has 144 valence electrons. The third-order valence-corrected chi connectivity index (χ3v) is 5.64. The standard InChI is InChI=1S/C21H25N7/c1-3-7-17(8-4-1)26-13-15-27(16-14-26)20-18-19(23-10-9-22-18)24-21(25-20)28-11-5-2-6-12-28/h1,3-4,7-10H,2,5-6,11-16H2.